The van der Waals surface area contributed by atoms with E-state index in [4.69, 9.17) is 9.47 Å². The minimum Gasteiger partial charge on any atom is -0.504 e. The third-order valence-corrected chi connectivity index (χ3v) is 7.25. The lowest BCUT2D eigenvalue weighted by Crippen LogP contribution is -2.53. The second-order valence-corrected chi connectivity index (χ2v) is 8.30. The van der Waals surface area contributed by atoms with E-state index in [1.165, 1.54) is 18.2 Å². The van der Waals surface area contributed by atoms with Crippen LogP contribution in [-0.4, -0.2) is 50.0 Å². The number of esters is 1. The van der Waals surface area contributed by atoms with Gasteiger partial charge in [-0.25, -0.2) is 4.79 Å². The molecule has 0 saturated carbocycles. The van der Waals surface area contributed by atoms with Crippen LogP contribution < -0.4 is 0 Å². The number of hydrogen-bond acceptors (Lipinski definition) is 5. The minimum absolute atomic E-state index is 0.0363. The summed E-state index contributed by atoms with van der Waals surface area (Å²) in [5.74, 6) is 0.391. The zero-order chi connectivity index (χ0) is 19.9. The lowest BCUT2D eigenvalue weighted by molar-refractivity contribution is -0.137. The average molecular weight is 383 g/mol. The Morgan fingerprint density at radius 3 is 2.82 bits per heavy atom. The van der Waals surface area contributed by atoms with Gasteiger partial charge in [0.1, 0.15) is 5.78 Å². The maximum absolute atomic E-state index is 13.3. The smallest absolute Gasteiger partial charge is 0.337 e. The van der Waals surface area contributed by atoms with Crippen molar-refractivity contribution in [2.75, 3.05) is 27.3 Å². The van der Waals surface area contributed by atoms with E-state index in [9.17, 15) is 9.59 Å². The van der Waals surface area contributed by atoms with Gasteiger partial charge in [0.2, 0.25) is 0 Å². The van der Waals surface area contributed by atoms with Crippen LogP contribution in [0, 0.1) is 11.8 Å². The quantitative estimate of drug-likeness (QED) is 0.455. The van der Waals surface area contributed by atoms with E-state index in [1.807, 2.05) is 12.1 Å². The fourth-order valence-electron chi connectivity index (χ4n) is 5.94. The molecule has 3 aliphatic rings. The fraction of sp³-hybridized carbons (Fsp3) is 0.565. The molecule has 5 heteroatoms. The van der Waals surface area contributed by atoms with E-state index in [1.54, 1.807) is 13.4 Å². The molecular formula is C23H29NO4. The van der Waals surface area contributed by atoms with Gasteiger partial charge in [-0.05, 0) is 42.3 Å². The molecule has 28 heavy (non-hydrogen) atoms. The Labute approximate surface area is 166 Å². The molecule has 1 aromatic rings. The van der Waals surface area contributed by atoms with Gasteiger partial charge in [0.15, 0.2) is 0 Å². The molecule has 2 heterocycles. The number of ketones is 1. The van der Waals surface area contributed by atoms with Crippen LogP contribution in [0.2, 0.25) is 0 Å². The first-order valence-electron chi connectivity index (χ1n) is 10.2. The zero-order valence-corrected chi connectivity index (χ0v) is 16.9. The van der Waals surface area contributed by atoms with Gasteiger partial charge in [0, 0.05) is 19.0 Å². The summed E-state index contributed by atoms with van der Waals surface area (Å²) >= 11 is 0. The predicted molar refractivity (Wildman–Crippen MR) is 106 cm³/mol. The number of fused-ring (bicyclic) bond motifs is 4. The van der Waals surface area contributed by atoms with Crippen molar-refractivity contribution in [2.24, 2.45) is 11.8 Å². The average Bonchev–Trinajstić information content (AvgIpc) is 3.23. The zero-order valence-electron chi connectivity index (χ0n) is 16.9. The highest BCUT2D eigenvalue weighted by molar-refractivity contribution is 5.98. The summed E-state index contributed by atoms with van der Waals surface area (Å²) in [5.41, 5.74) is 2.54. The van der Waals surface area contributed by atoms with Crippen LogP contribution in [0.15, 0.2) is 36.1 Å². The molecule has 5 nitrogen and oxygen atoms in total. The second kappa shape index (κ2) is 7.36. The van der Waals surface area contributed by atoms with E-state index in [-0.39, 0.29) is 17.9 Å². The summed E-state index contributed by atoms with van der Waals surface area (Å²) in [4.78, 5) is 28.3. The molecule has 4 atom stereocenters. The summed E-state index contributed by atoms with van der Waals surface area (Å²) in [6, 6.07) is 8.41. The Hall–Kier alpha value is -2.14. The molecule has 150 valence electrons. The van der Waals surface area contributed by atoms with Crippen LogP contribution >= 0.6 is 0 Å². The molecule has 0 aromatic heterocycles. The Bertz CT molecular complexity index is 817. The van der Waals surface area contributed by atoms with Crippen molar-refractivity contribution < 1.29 is 19.1 Å². The fourth-order valence-corrected chi connectivity index (χ4v) is 5.94. The summed E-state index contributed by atoms with van der Waals surface area (Å²) in [6.45, 7) is 4.01. The highest BCUT2D eigenvalue weighted by Crippen LogP contribution is 2.52. The molecule has 0 amide bonds. The Balaban J connectivity index is 1.74. The van der Waals surface area contributed by atoms with Crippen molar-refractivity contribution >= 4 is 11.8 Å². The van der Waals surface area contributed by atoms with Crippen molar-refractivity contribution in [2.45, 2.75) is 44.1 Å². The summed E-state index contributed by atoms with van der Waals surface area (Å²) in [5, 5.41) is 0. The molecule has 0 N–H and O–H groups in total. The molecular weight excluding hydrogens is 354 g/mol. The van der Waals surface area contributed by atoms with Crippen LogP contribution in [-0.2, 0) is 30.9 Å². The highest BCUT2D eigenvalue weighted by Gasteiger charge is 2.59. The van der Waals surface area contributed by atoms with Gasteiger partial charge in [-0.3, -0.25) is 9.69 Å². The Kier molecular flexibility index (Phi) is 5.04. The maximum Gasteiger partial charge on any atom is 0.337 e. The largest absolute Gasteiger partial charge is 0.504 e. The van der Waals surface area contributed by atoms with E-state index >= 15 is 0 Å². The molecule has 1 aromatic carbocycles. The number of benzene rings is 1. The Morgan fingerprint density at radius 1 is 1.32 bits per heavy atom. The number of piperidine rings is 1. The molecule has 0 radical (unpaired) electrons. The van der Waals surface area contributed by atoms with Crippen LogP contribution in [0.4, 0.5) is 0 Å². The minimum atomic E-state index is -0.429. The van der Waals surface area contributed by atoms with Crippen LogP contribution in [0.25, 0.3) is 0 Å². The molecule has 2 fully saturated rings. The number of Topliss-reactive ketones (excluding diaryl/α,β-unsaturated/α-hetero) is 1. The number of methoxy groups -OCH3 is 2. The topological polar surface area (TPSA) is 55.8 Å². The number of rotatable bonds is 4. The molecule has 0 bridgehead atoms. The van der Waals surface area contributed by atoms with Gasteiger partial charge in [-0.2, -0.15) is 0 Å². The normalized spacial score (nSPS) is 32.3. The maximum atomic E-state index is 13.3. The molecule has 1 aliphatic carbocycles. The third-order valence-electron chi connectivity index (χ3n) is 7.25. The third kappa shape index (κ3) is 2.71. The first-order valence-corrected chi connectivity index (χ1v) is 10.2. The van der Waals surface area contributed by atoms with Gasteiger partial charge in [-0.15, -0.1) is 0 Å². The number of hydrogen-bond donors (Lipinski definition) is 0. The molecule has 1 spiro atoms. The van der Waals surface area contributed by atoms with Crippen molar-refractivity contribution in [3.8, 4) is 0 Å². The Morgan fingerprint density at radius 2 is 2.11 bits per heavy atom. The summed E-state index contributed by atoms with van der Waals surface area (Å²) in [6.07, 6.45) is 4.70. The summed E-state index contributed by atoms with van der Waals surface area (Å²) < 4.78 is 10.3. The number of ether oxygens (including phenoxy) is 2. The van der Waals surface area contributed by atoms with Crippen molar-refractivity contribution in [3.63, 3.8) is 0 Å². The van der Waals surface area contributed by atoms with Crippen molar-refractivity contribution in [3.05, 3.63) is 47.2 Å². The lowest BCUT2D eigenvalue weighted by Gasteiger charge is -2.45. The number of carbonyl (C=O) groups is 2. The van der Waals surface area contributed by atoms with E-state index in [0.29, 0.717) is 23.7 Å². The van der Waals surface area contributed by atoms with Crippen LogP contribution in [0.3, 0.4) is 0 Å². The molecule has 0 unspecified atom stereocenters. The first-order chi connectivity index (χ1) is 13.6. The van der Waals surface area contributed by atoms with Gasteiger partial charge in [0.25, 0.3) is 0 Å². The van der Waals surface area contributed by atoms with Gasteiger partial charge in [-0.1, -0.05) is 37.6 Å². The van der Waals surface area contributed by atoms with Gasteiger partial charge in [0.05, 0.1) is 31.5 Å². The van der Waals surface area contributed by atoms with Crippen molar-refractivity contribution in [1.82, 2.24) is 4.90 Å². The van der Waals surface area contributed by atoms with Crippen molar-refractivity contribution in [1.29, 1.82) is 0 Å². The standard InChI is InChI=1S/C23H29NO4/c1-4-15-13-24-10-9-23(19-8-6-5-7-16(19)11-21(23)25)20(24)12-17(15)18(14-27-2)22(26)28-3/h5-8,14-15,17,20H,4,9-13H2,1-3H3/b18-14+/t15-,17-,20-,23+/m0/s1. The first kappa shape index (κ1) is 19.2. The second-order valence-electron chi connectivity index (χ2n) is 8.30. The predicted octanol–water partition coefficient (Wildman–Crippen LogP) is 2.87. The highest BCUT2D eigenvalue weighted by atomic mass is 16.5. The number of nitrogens with zero attached hydrogens (tertiary/aromatic N) is 1. The van der Waals surface area contributed by atoms with Gasteiger partial charge < -0.3 is 9.47 Å². The van der Waals surface area contributed by atoms with Crippen LogP contribution in [0.1, 0.15) is 37.3 Å². The molecule has 4 rings (SSSR count). The van der Waals surface area contributed by atoms with Gasteiger partial charge >= 0.3 is 5.97 Å². The molecule has 2 aliphatic heterocycles. The number of carbonyl (C=O) groups excluding carboxylic acids is 2. The SMILES string of the molecule is CC[C@H]1CN2CC[C@]3(C(=O)Cc4ccccc43)[C@@H]2C[C@@H]1/C(=C\OC)C(=O)OC. The van der Waals surface area contributed by atoms with E-state index in [0.717, 1.165) is 32.4 Å². The lowest BCUT2D eigenvalue weighted by atomic mass is 9.67. The monoisotopic (exact) mass is 383 g/mol. The van der Waals surface area contributed by atoms with E-state index < -0.39 is 5.41 Å². The summed E-state index contributed by atoms with van der Waals surface area (Å²) in [7, 11) is 2.97. The van der Waals surface area contributed by atoms with E-state index in [2.05, 4.69) is 24.0 Å². The van der Waals surface area contributed by atoms with Crippen LogP contribution in [0.5, 0.6) is 0 Å². The molecule has 2 saturated heterocycles.